The molecule has 2 aromatic rings. The van der Waals surface area contributed by atoms with Crippen molar-refractivity contribution in [3.05, 3.63) is 52.4 Å². The van der Waals surface area contributed by atoms with Crippen molar-refractivity contribution in [2.24, 2.45) is 0 Å². The fraction of sp³-hybridized carbons (Fsp3) is 0.176. The molecule has 0 atom stereocenters. The number of thiophene rings is 1. The third-order valence-corrected chi connectivity index (χ3v) is 4.08. The first-order valence-corrected chi connectivity index (χ1v) is 7.73. The quantitative estimate of drug-likeness (QED) is 0.447. The van der Waals surface area contributed by atoms with Gasteiger partial charge in [0.05, 0.1) is 12.2 Å². The minimum Gasteiger partial charge on any atom is -0.462 e. The van der Waals surface area contributed by atoms with Crippen LogP contribution in [-0.4, -0.2) is 12.6 Å². The van der Waals surface area contributed by atoms with Gasteiger partial charge in [-0.3, -0.25) is 0 Å². The first-order valence-electron chi connectivity index (χ1n) is 6.91. The Kier molecular flexibility index (Phi) is 5.42. The predicted octanol–water partition coefficient (Wildman–Crippen LogP) is 4.90. The third-order valence-electron chi connectivity index (χ3n) is 3.00. The summed E-state index contributed by atoms with van der Waals surface area (Å²) in [6.45, 7) is 1.78. The maximum absolute atomic E-state index is 12.8. The third kappa shape index (κ3) is 4.24. The molecular formula is C17H12F3NO2S. The number of hydrogen-bond acceptors (Lipinski definition) is 4. The number of carbonyl (C=O) groups excluding carboxylic acids is 1. The summed E-state index contributed by atoms with van der Waals surface area (Å²) >= 11 is 1.18. The van der Waals surface area contributed by atoms with E-state index in [9.17, 15) is 18.0 Å². The summed E-state index contributed by atoms with van der Waals surface area (Å²) in [7, 11) is 0. The van der Waals surface area contributed by atoms with Crippen LogP contribution in [0.25, 0.3) is 16.5 Å². The van der Waals surface area contributed by atoms with Crippen LogP contribution in [0.1, 0.15) is 17.4 Å². The van der Waals surface area contributed by atoms with Crippen molar-refractivity contribution in [2.75, 3.05) is 6.61 Å². The highest BCUT2D eigenvalue weighted by atomic mass is 32.1. The second-order valence-electron chi connectivity index (χ2n) is 4.67. The number of halogens is 3. The van der Waals surface area contributed by atoms with Gasteiger partial charge in [0.2, 0.25) is 0 Å². The van der Waals surface area contributed by atoms with Crippen molar-refractivity contribution in [3.8, 4) is 16.5 Å². The van der Waals surface area contributed by atoms with Crippen molar-refractivity contribution in [1.82, 2.24) is 0 Å². The van der Waals surface area contributed by atoms with Crippen molar-refractivity contribution in [1.29, 1.82) is 5.26 Å². The molecule has 0 radical (unpaired) electrons. The fourth-order valence-corrected chi connectivity index (χ4v) is 2.87. The van der Waals surface area contributed by atoms with Gasteiger partial charge in [-0.05, 0) is 42.8 Å². The van der Waals surface area contributed by atoms with Crippen LogP contribution in [-0.2, 0) is 15.7 Å². The lowest BCUT2D eigenvalue weighted by Crippen LogP contribution is -2.05. The second-order valence-corrected chi connectivity index (χ2v) is 5.79. The van der Waals surface area contributed by atoms with E-state index in [1.165, 1.54) is 23.5 Å². The number of carbonyl (C=O) groups is 1. The molecule has 1 heterocycles. The van der Waals surface area contributed by atoms with Gasteiger partial charge in [0.25, 0.3) is 0 Å². The predicted molar refractivity (Wildman–Crippen MR) is 85.0 cm³/mol. The highest BCUT2D eigenvalue weighted by Crippen LogP contribution is 2.34. The zero-order valence-electron chi connectivity index (χ0n) is 12.6. The number of nitrogens with zero attached hydrogens (tertiary/aromatic N) is 1. The highest BCUT2D eigenvalue weighted by molar-refractivity contribution is 7.16. The average molecular weight is 351 g/mol. The zero-order valence-corrected chi connectivity index (χ0v) is 13.4. The Balaban J connectivity index is 2.31. The van der Waals surface area contributed by atoms with E-state index in [1.54, 1.807) is 31.2 Å². The van der Waals surface area contributed by atoms with Crippen LogP contribution in [0.3, 0.4) is 0 Å². The number of hydrogen-bond donors (Lipinski definition) is 0. The Morgan fingerprint density at radius 3 is 2.71 bits per heavy atom. The van der Waals surface area contributed by atoms with Crippen LogP contribution < -0.4 is 0 Å². The molecule has 3 nitrogen and oxygen atoms in total. The van der Waals surface area contributed by atoms with E-state index in [0.29, 0.717) is 15.3 Å². The Hall–Kier alpha value is -2.59. The van der Waals surface area contributed by atoms with E-state index >= 15 is 0 Å². The van der Waals surface area contributed by atoms with Gasteiger partial charge in [-0.1, -0.05) is 12.1 Å². The van der Waals surface area contributed by atoms with E-state index in [1.807, 2.05) is 0 Å². The largest absolute Gasteiger partial charge is 0.462 e. The van der Waals surface area contributed by atoms with E-state index in [-0.39, 0.29) is 12.2 Å². The van der Waals surface area contributed by atoms with Crippen molar-refractivity contribution < 1.29 is 22.7 Å². The molecule has 0 aliphatic carbocycles. The van der Waals surface area contributed by atoms with Gasteiger partial charge in [-0.25, -0.2) is 4.79 Å². The minimum atomic E-state index is -4.41. The van der Waals surface area contributed by atoms with E-state index < -0.39 is 17.7 Å². The molecule has 0 amide bonds. The van der Waals surface area contributed by atoms with Gasteiger partial charge in [-0.15, -0.1) is 11.3 Å². The molecule has 0 spiro atoms. The normalized spacial score (nSPS) is 11.9. The molecule has 1 aromatic carbocycles. The second kappa shape index (κ2) is 7.32. The Morgan fingerprint density at radius 2 is 2.08 bits per heavy atom. The molecule has 24 heavy (non-hydrogen) atoms. The summed E-state index contributed by atoms with van der Waals surface area (Å²) in [4.78, 5) is 12.8. The first kappa shape index (κ1) is 17.8. The van der Waals surface area contributed by atoms with Crippen LogP contribution in [0.5, 0.6) is 0 Å². The van der Waals surface area contributed by atoms with E-state index in [4.69, 9.17) is 10.00 Å². The number of esters is 1. The van der Waals surface area contributed by atoms with Crippen molar-refractivity contribution >= 4 is 23.4 Å². The Labute approximate surface area is 140 Å². The van der Waals surface area contributed by atoms with Crippen molar-refractivity contribution in [2.45, 2.75) is 13.1 Å². The maximum atomic E-state index is 12.8. The summed E-state index contributed by atoms with van der Waals surface area (Å²) in [6, 6.07) is 10.0. The van der Waals surface area contributed by atoms with Gasteiger partial charge in [-0.2, -0.15) is 18.4 Å². The molecule has 0 aliphatic heterocycles. The van der Waals surface area contributed by atoms with Crippen LogP contribution >= 0.6 is 11.3 Å². The average Bonchev–Trinajstić information content (AvgIpc) is 3.00. The smallest absolute Gasteiger partial charge is 0.416 e. The van der Waals surface area contributed by atoms with Gasteiger partial charge in [0, 0.05) is 9.75 Å². The summed E-state index contributed by atoms with van der Waals surface area (Å²) in [5.74, 6) is -0.728. The van der Waals surface area contributed by atoms with Gasteiger partial charge in [0.15, 0.2) is 0 Å². The number of benzene rings is 1. The van der Waals surface area contributed by atoms with Crippen LogP contribution in [0.4, 0.5) is 13.2 Å². The molecule has 0 aliphatic rings. The molecular weight excluding hydrogens is 339 g/mol. The number of rotatable bonds is 4. The monoisotopic (exact) mass is 351 g/mol. The van der Waals surface area contributed by atoms with Crippen molar-refractivity contribution in [3.63, 3.8) is 0 Å². The first-order chi connectivity index (χ1) is 11.3. The fourth-order valence-electron chi connectivity index (χ4n) is 1.92. The zero-order chi connectivity index (χ0) is 17.7. The van der Waals surface area contributed by atoms with E-state index in [0.717, 1.165) is 12.1 Å². The summed E-state index contributed by atoms with van der Waals surface area (Å²) < 4.78 is 43.1. The minimum absolute atomic E-state index is 0.151. The molecule has 0 N–H and O–H groups in total. The lowest BCUT2D eigenvalue weighted by molar-refractivity contribution is -0.138. The van der Waals surface area contributed by atoms with Crippen LogP contribution in [0, 0.1) is 11.3 Å². The molecule has 0 unspecified atom stereocenters. The lowest BCUT2D eigenvalue weighted by Gasteiger charge is -2.07. The van der Waals surface area contributed by atoms with Crippen LogP contribution in [0.15, 0.2) is 42.0 Å². The number of alkyl halides is 3. The van der Waals surface area contributed by atoms with Gasteiger partial charge < -0.3 is 4.74 Å². The Bertz CT molecular complexity index is 816. The topological polar surface area (TPSA) is 50.1 Å². The molecule has 2 rings (SSSR count). The molecule has 0 bridgehead atoms. The summed E-state index contributed by atoms with van der Waals surface area (Å²) in [5.41, 5.74) is -0.465. The van der Waals surface area contributed by atoms with Crippen LogP contribution in [0.2, 0.25) is 0 Å². The SMILES string of the molecule is CCOC(=O)/C(C#N)=C/c1ccc(-c2cccc(C(F)(F)F)c2)s1. The molecule has 0 saturated carbocycles. The maximum Gasteiger partial charge on any atom is 0.416 e. The molecule has 0 saturated heterocycles. The standard InChI is InChI=1S/C17H12F3NO2S/c1-2-23-16(22)12(10-21)9-14-6-7-15(24-14)11-4-3-5-13(8-11)17(18,19)20/h3-9H,2H2,1H3/b12-9+. The molecule has 124 valence electrons. The number of nitriles is 1. The lowest BCUT2D eigenvalue weighted by atomic mass is 10.1. The highest BCUT2D eigenvalue weighted by Gasteiger charge is 2.30. The summed E-state index contributed by atoms with van der Waals surface area (Å²) in [6.07, 6.45) is -3.05. The van der Waals surface area contributed by atoms with E-state index in [2.05, 4.69) is 0 Å². The van der Waals surface area contributed by atoms with Gasteiger partial charge in [0.1, 0.15) is 11.6 Å². The van der Waals surface area contributed by atoms with Gasteiger partial charge >= 0.3 is 12.1 Å². The molecule has 0 fully saturated rings. The Morgan fingerprint density at radius 1 is 1.33 bits per heavy atom. The molecule has 1 aromatic heterocycles. The number of ether oxygens (including phenoxy) is 1. The summed E-state index contributed by atoms with van der Waals surface area (Å²) in [5, 5.41) is 8.99. The molecule has 7 heteroatoms.